The summed E-state index contributed by atoms with van der Waals surface area (Å²) in [6.45, 7) is 1.84. The van der Waals surface area contributed by atoms with Crippen LogP contribution in [0.15, 0.2) is 27.7 Å². The molecule has 0 aliphatic rings. The lowest BCUT2D eigenvalue weighted by atomic mass is 10.0. The Kier molecular flexibility index (Phi) is 6.30. The average Bonchev–Trinajstić information content (AvgIpc) is 3.06. The third-order valence-corrected chi connectivity index (χ3v) is 5.59. The number of nitrogens with zero attached hydrogens (tertiary/aromatic N) is 5. The quantitative estimate of drug-likeness (QED) is 0.429. The number of nitriles is 2. The van der Waals surface area contributed by atoms with Gasteiger partial charge in [-0.2, -0.15) is 10.5 Å². The van der Waals surface area contributed by atoms with Crippen LogP contribution in [0.1, 0.15) is 16.7 Å². The molecule has 31 heavy (non-hydrogen) atoms. The lowest BCUT2D eigenvalue weighted by Crippen LogP contribution is -2.32. The Labute approximate surface area is 185 Å². The summed E-state index contributed by atoms with van der Waals surface area (Å²) < 4.78 is 5.70. The van der Waals surface area contributed by atoms with Gasteiger partial charge in [0.2, 0.25) is 5.91 Å². The van der Waals surface area contributed by atoms with Crippen LogP contribution < -0.4 is 20.8 Å². The van der Waals surface area contributed by atoms with E-state index in [1.165, 1.54) is 7.05 Å². The van der Waals surface area contributed by atoms with Gasteiger partial charge in [0.25, 0.3) is 5.69 Å². The van der Waals surface area contributed by atoms with Crippen molar-refractivity contribution in [1.29, 1.82) is 10.5 Å². The maximum Gasteiger partial charge on any atom is 0.266 e. The Morgan fingerprint density at radius 1 is 1.39 bits per heavy atom. The normalized spacial score (nSPS) is 10.4. The van der Waals surface area contributed by atoms with Gasteiger partial charge in [-0.15, -0.1) is 0 Å². The second-order valence-corrected chi connectivity index (χ2v) is 7.66. The van der Waals surface area contributed by atoms with E-state index in [0.717, 1.165) is 22.0 Å². The molecule has 0 saturated carbocycles. The first-order valence-corrected chi connectivity index (χ1v) is 9.99. The molecular formula is C19H14ClN7O3S. The molecule has 0 radical (unpaired) electrons. The zero-order valence-corrected chi connectivity index (χ0v) is 17.8. The standard InChI is InChI=1S/C19H14ClN7O3S/c1-9-3-4-10(5-13(9)20)24-14(28)8-31-18-12(7-22)15(11(6-21)17(23)25-18)16-19(29)30-26-27(16)2/h3-5H,8H2,1-2H3,(H3-,23,24,25,26,28,29). The van der Waals surface area contributed by atoms with Crippen molar-refractivity contribution in [3.63, 3.8) is 0 Å². The van der Waals surface area contributed by atoms with Crippen LogP contribution in [0.25, 0.3) is 11.3 Å². The van der Waals surface area contributed by atoms with Crippen molar-refractivity contribution in [3.8, 4) is 29.3 Å². The van der Waals surface area contributed by atoms with Gasteiger partial charge in [-0.3, -0.25) is 4.79 Å². The molecule has 0 atom stereocenters. The molecule has 3 rings (SSSR count). The molecule has 2 heterocycles. The molecular weight excluding hydrogens is 442 g/mol. The molecule has 156 valence electrons. The average molecular weight is 456 g/mol. The number of aromatic nitrogens is 3. The van der Waals surface area contributed by atoms with E-state index in [-0.39, 0.29) is 44.9 Å². The minimum Gasteiger partial charge on any atom is -0.539 e. The van der Waals surface area contributed by atoms with Crippen LogP contribution in [-0.4, -0.2) is 21.9 Å². The molecule has 0 unspecified atom stereocenters. The number of rotatable bonds is 5. The first kappa shape index (κ1) is 21.9. The second kappa shape index (κ2) is 8.92. The van der Waals surface area contributed by atoms with Crippen molar-refractivity contribution >= 4 is 40.8 Å². The molecule has 3 N–H and O–H groups in total. The highest BCUT2D eigenvalue weighted by molar-refractivity contribution is 8.00. The predicted octanol–water partition coefficient (Wildman–Crippen LogP) is 1.65. The third kappa shape index (κ3) is 4.38. The number of halogens is 1. The molecule has 0 aliphatic heterocycles. The van der Waals surface area contributed by atoms with Crippen LogP contribution in [0.4, 0.5) is 11.5 Å². The number of nitrogens with two attached hydrogens (primary N) is 1. The highest BCUT2D eigenvalue weighted by atomic mass is 35.5. The summed E-state index contributed by atoms with van der Waals surface area (Å²) in [7, 11) is 1.42. The van der Waals surface area contributed by atoms with E-state index in [9.17, 15) is 20.4 Å². The maximum atomic E-state index is 12.4. The smallest absolute Gasteiger partial charge is 0.266 e. The van der Waals surface area contributed by atoms with Crippen molar-refractivity contribution in [3.05, 3.63) is 39.9 Å². The fraction of sp³-hybridized carbons (Fsp3) is 0.158. The Balaban J connectivity index is 1.93. The zero-order valence-electron chi connectivity index (χ0n) is 16.3. The van der Waals surface area contributed by atoms with Crippen molar-refractivity contribution < 1.29 is 19.1 Å². The number of hydrogen-bond donors (Lipinski definition) is 2. The zero-order chi connectivity index (χ0) is 22.7. The lowest BCUT2D eigenvalue weighted by Gasteiger charge is -2.11. The summed E-state index contributed by atoms with van der Waals surface area (Å²) >= 11 is 7.00. The highest BCUT2D eigenvalue weighted by Crippen LogP contribution is 2.36. The van der Waals surface area contributed by atoms with E-state index in [2.05, 4.69) is 20.1 Å². The van der Waals surface area contributed by atoms with Gasteiger partial charge in [0, 0.05) is 10.7 Å². The van der Waals surface area contributed by atoms with Crippen LogP contribution in [-0.2, 0) is 11.8 Å². The number of amides is 1. The highest BCUT2D eigenvalue weighted by Gasteiger charge is 2.29. The number of aryl methyl sites for hydroxylation is 2. The number of thioether (sulfide) groups is 1. The second-order valence-electron chi connectivity index (χ2n) is 6.28. The molecule has 0 spiro atoms. The molecule has 1 aromatic carbocycles. The largest absolute Gasteiger partial charge is 0.539 e. The van der Waals surface area contributed by atoms with Gasteiger partial charge in [0.1, 0.15) is 28.5 Å². The van der Waals surface area contributed by atoms with Crippen LogP contribution in [0.5, 0.6) is 5.95 Å². The Morgan fingerprint density at radius 2 is 2.10 bits per heavy atom. The Hall–Kier alpha value is -3.80. The van der Waals surface area contributed by atoms with Crippen LogP contribution >= 0.6 is 23.4 Å². The molecule has 3 aromatic rings. The maximum absolute atomic E-state index is 12.4. The predicted molar refractivity (Wildman–Crippen MR) is 110 cm³/mol. The van der Waals surface area contributed by atoms with Crippen molar-refractivity contribution in [2.75, 3.05) is 16.8 Å². The molecule has 10 nitrogen and oxygen atoms in total. The minimum absolute atomic E-state index is 0.0422. The fourth-order valence-corrected chi connectivity index (χ4v) is 3.69. The molecule has 12 heteroatoms. The SMILES string of the molecule is Cc1ccc(NC(=O)CSc2nc(N)c(C#N)c(-c3c([O-])on[n+]3C)c2C#N)cc1Cl. The number of pyridine rings is 1. The number of anilines is 2. The lowest BCUT2D eigenvalue weighted by molar-refractivity contribution is -0.730. The summed E-state index contributed by atoms with van der Waals surface area (Å²) in [6.07, 6.45) is 0. The summed E-state index contributed by atoms with van der Waals surface area (Å²) in [5, 5.41) is 38.1. The van der Waals surface area contributed by atoms with E-state index in [1.807, 2.05) is 19.1 Å². The topological polar surface area (TPSA) is 169 Å². The van der Waals surface area contributed by atoms with Crippen molar-refractivity contribution in [1.82, 2.24) is 10.3 Å². The van der Waals surface area contributed by atoms with E-state index in [4.69, 9.17) is 17.3 Å². The summed E-state index contributed by atoms with van der Waals surface area (Å²) in [4.78, 5) is 16.4. The first-order chi connectivity index (χ1) is 14.8. The van der Waals surface area contributed by atoms with Gasteiger partial charge < -0.3 is 20.7 Å². The number of hydrogen-bond acceptors (Lipinski definition) is 9. The van der Waals surface area contributed by atoms with Crippen LogP contribution in [0.3, 0.4) is 0 Å². The van der Waals surface area contributed by atoms with E-state index in [1.54, 1.807) is 18.2 Å². The van der Waals surface area contributed by atoms with Crippen LogP contribution in [0.2, 0.25) is 5.02 Å². The first-order valence-electron chi connectivity index (χ1n) is 8.62. The number of nitrogens with one attached hydrogen (secondary N) is 1. The molecule has 0 fully saturated rings. The van der Waals surface area contributed by atoms with Gasteiger partial charge in [-0.1, -0.05) is 34.1 Å². The minimum atomic E-state index is -0.842. The molecule has 0 aliphatic carbocycles. The third-order valence-electron chi connectivity index (χ3n) is 4.21. The molecule has 0 saturated heterocycles. The van der Waals surface area contributed by atoms with E-state index < -0.39 is 5.95 Å². The van der Waals surface area contributed by atoms with Gasteiger partial charge >= 0.3 is 0 Å². The van der Waals surface area contributed by atoms with E-state index in [0.29, 0.717) is 10.7 Å². The number of nitrogen functional groups attached to an aromatic ring is 1. The monoisotopic (exact) mass is 455 g/mol. The van der Waals surface area contributed by atoms with Gasteiger partial charge in [0.05, 0.1) is 22.2 Å². The van der Waals surface area contributed by atoms with Crippen LogP contribution in [0, 0.1) is 29.6 Å². The molecule has 0 bridgehead atoms. The summed E-state index contributed by atoms with van der Waals surface area (Å²) in [6, 6.07) is 8.89. The summed E-state index contributed by atoms with van der Waals surface area (Å²) in [5.74, 6) is -1.52. The molecule has 1 amide bonds. The van der Waals surface area contributed by atoms with Gasteiger partial charge in [-0.25, -0.2) is 4.98 Å². The molecule has 2 aromatic heterocycles. The van der Waals surface area contributed by atoms with Crippen molar-refractivity contribution in [2.45, 2.75) is 11.9 Å². The van der Waals surface area contributed by atoms with Gasteiger partial charge in [0.15, 0.2) is 13.0 Å². The summed E-state index contributed by atoms with van der Waals surface area (Å²) in [5.41, 5.74) is 6.87. The number of benzene rings is 1. The van der Waals surface area contributed by atoms with E-state index >= 15 is 0 Å². The fourth-order valence-electron chi connectivity index (χ4n) is 2.72. The Bertz CT molecular complexity index is 1260. The van der Waals surface area contributed by atoms with Crippen molar-refractivity contribution in [2.24, 2.45) is 7.05 Å². The number of carbonyl (C=O) groups is 1. The Morgan fingerprint density at radius 3 is 2.68 bits per heavy atom. The number of carbonyl (C=O) groups excluding carboxylic acids is 1. The van der Waals surface area contributed by atoms with Gasteiger partial charge in [-0.05, 0) is 24.6 Å².